The quantitative estimate of drug-likeness (QED) is 0.128. The molecule has 2 saturated heterocycles. The van der Waals surface area contributed by atoms with Gasteiger partial charge in [0.15, 0.2) is 0 Å². The normalized spacial score (nSPS) is 23.1. The molecule has 7 rings (SSSR count). The van der Waals surface area contributed by atoms with Crippen LogP contribution in [-0.4, -0.2) is 112 Å². The molecule has 2 fully saturated rings. The number of cyclic esters (lactones) is 1. The van der Waals surface area contributed by atoms with E-state index in [0.717, 1.165) is 50.1 Å². The van der Waals surface area contributed by atoms with Crippen LogP contribution in [0.15, 0.2) is 73.4 Å². The number of carbonyl (C=O) groups excluding carboxylic acids is 5. The van der Waals surface area contributed by atoms with Crippen LogP contribution >= 0.6 is 0 Å². The van der Waals surface area contributed by atoms with E-state index in [0.29, 0.717) is 32.4 Å². The number of pyridine rings is 1. The molecule has 3 aliphatic heterocycles. The van der Waals surface area contributed by atoms with E-state index in [-0.39, 0.29) is 55.4 Å². The zero-order valence-corrected chi connectivity index (χ0v) is 40.9. The van der Waals surface area contributed by atoms with Crippen molar-refractivity contribution in [1.82, 2.24) is 35.1 Å². The second-order valence-electron chi connectivity index (χ2n) is 19.9. The number of aromatic nitrogens is 2. The molecule has 0 spiro atoms. The molecule has 2 aromatic carbocycles. The molecule has 2 aromatic heterocycles. The fraction of sp³-hybridized carbons (Fsp3) is 0.509. The van der Waals surface area contributed by atoms with Crippen LogP contribution in [0.5, 0.6) is 0 Å². The van der Waals surface area contributed by atoms with Gasteiger partial charge < -0.3 is 29.2 Å². The molecular weight excluding hydrogens is 847 g/mol. The number of nitrogens with one attached hydrogen (secondary N) is 2. The Morgan fingerprint density at radius 1 is 1.07 bits per heavy atom. The Balaban J connectivity index is 1.29. The third kappa shape index (κ3) is 9.92. The summed E-state index contributed by atoms with van der Waals surface area (Å²) in [4.78, 5) is 78.2. The summed E-state index contributed by atoms with van der Waals surface area (Å²) in [6.45, 7) is 21.0. The maximum atomic E-state index is 14.8. The molecule has 0 saturated carbocycles. The standard InChI is InChI=1S/C53H69N7O7/c1-12-45(61)59-29-41(32(5)33(59)6)50(63)57(10)47(31(3)4)49(62)55-43-26-35-17-14-18-36(25-35)37-21-22-44-39(27-37)40(48(58(44)13-2)38-19-15-23-54-46(38)34(7)66-11)28-53(8,9)30-67-52(65)42-20-16-24-60(56-42)51(43)64/h12,14-15,17-19,21-23,25,27,31-34,41-43,47,56H,1,13,16,20,24,26,28-30H2,2-11H3,(H,55,62)/t32-,33+,34-,41+,42-,43-,47?/m0/s1. The van der Waals surface area contributed by atoms with Crippen LogP contribution in [0.25, 0.3) is 33.3 Å². The number of nitrogens with zero attached hydrogens (tertiary/aromatic N) is 5. The first-order valence-corrected chi connectivity index (χ1v) is 23.9. The van der Waals surface area contributed by atoms with Crippen molar-refractivity contribution in [2.45, 2.75) is 118 Å². The number of carbonyl (C=O) groups is 5. The van der Waals surface area contributed by atoms with Gasteiger partial charge in [-0.05, 0) is 104 Å². The lowest BCUT2D eigenvalue weighted by Crippen LogP contribution is -2.62. The molecule has 1 unspecified atom stereocenters. The van der Waals surface area contributed by atoms with E-state index in [1.807, 2.05) is 52.8 Å². The number of fused-ring (bicyclic) bond motifs is 6. The highest BCUT2D eigenvalue weighted by Gasteiger charge is 2.45. The minimum atomic E-state index is -1.06. The van der Waals surface area contributed by atoms with Gasteiger partial charge in [0.25, 0.3) is 5.91 Å². The summed E-state index contributed by atoms with van der Waals surface area (Å²) in [5.74, 6) is -2.80. The molecule has 67 heavy (non-hydrogen) atoms. The van der Waals surface area contributed by atoms with Crippen LogP contribution in [0.3, 0.4) is 0 Å². The molecule has 7 atom stereocenters. The largest absolute Gasteiger partial charge is 0.464 e. The fourth-order valence-corrected chi connectivity index (χ4v) is 10.4. The topological polar surface area (TPSA) is 155 Å². The first-order chi connectivity index (χ1) is 31.9. The van der Waals surface area contributed by atoms with Crippen LogP contribution in [0.2, 0.25) is 0 Å². The third-order valence-electron chi connectivity index (χ3n) is 14.3. The van der Waals surface area contributed by atoms with E-state index < -0.39 is 47.2 Å². The van der Waals surface area contributed by atoms with Crippen molar-refractivity contribution >= 4 is 40.5 Å². The highest BCUT2D eigenvalue weighted by molar-refractivity contribution is 5.96. The van der Waals surface area contributed by atoms with Crippen molar-refractivity contribution in [3.8, 4) is 22.4 Å². The highest BCUT2D eigenvalue weighted by atomic mass is 16.5. The lowest BCUT2D eigenvalue weighted by molar-refractivity contribution is -0.155. The highest BCUT2D eigenvalue weighted by Crippen LogP contribution is 2.42. The number of likely N-dealkylation sites (tertiary alicyclic amines) is 1. The van der Waals surface area contributed by atoms with E-state index >= 15 is 0 Å². The van der Waals surface area contributed by atoms with Crippen LogP contribution in [-0.2, 0) is 52.8 Å². The van der Waals surface area contributed by atoms with Crippen molar-refractivity contribution in [2.24, 2.45) is 23.2 Å². The van der Waals surface area contributed by atoms with Crippen LogP contribution < -0.4 is 10.7 Å². The second-order valence-corrected chi connectivity index (χ2v) is 19.9. The Hall–Kier alpha value is -5.86. The molecular formula is C53H69N7O7. The molecule has 2 N–H and O–H groups in total. The van der Waals surface area contributed by atoms with E-state index in [1.165, 1.54) is 16.0 Å². The van der Waals surface area contributed by atoms with Crippen molar-refractivity contribution < 1.29 is 33.4 Å². The lowest BCUT2D eigenvalue weighted by Gasteiger charge is -2.37. The maximum absolute atomic E-state index is 14.8. The Bertz CT molecular complexity index is 2530. The Labute approximate surface area is 395 Å². The van der Waals surface area contributed by atoms with Gasteiger partial charge in [0.2, 0.25) is 17.7 Å². The SMILES string of the molecule is C=CC(=O)N1C[C@@H](C(=O)N(C)C(C(=O)N[C@H]2Cc3cccc(c3)-c3ccc4c(c3)c(c(-c3cccnc3[C@H](C)OC)n4CC)CC(C)(C)COC(=O)[C@@H]3CCCN(N3)C2=O)C(C)C)[C@@H](C)[C@H]1C. The number of ether oxygens (including phenoxy) is 2. The second kappa shape index (κ2) is 20.2. The third-order valence-corrected chi connectivity index (χ3v) is 14.3. The molecule has 0 radical (unpaired) electrons. The van der Waals surface area contributed by atoms with Gasteiger partial charge >= 0.3 is 5.97 Å². The lowest BCUT2D eigenvalue weighted by atomic mass is 9.84. The minimum absolute atomic E-state index is 0.134. The zero-order chi connectivity index (χ0) is 48.5. The summed E-state index contributed by atoms with van der Waals surface area (Å²) in [7, 11) is 3.31. The predicted octanol–water partition coefficient (Wildman–Crippen LogP) is 6.90. The van der Waals surface area contributed by atoms with Crippen molar-refractivity contribution in [1.29, 1.82) is 0 Å². The molecule has 3 aliphatic rings. The first-order valence-electron chi connectivity index (χ1n) is 23.9. The number of esters is 1. The van der Waals surface area contributed by atoms with Gasteiger partial charge in [-0.2, -0.15) is 0 Å². The van der Waals surface area contributed by atoms with Gasteiger partial charge in [-0.1, -0.05) is 71.5 Å². The number of aryl methyl sites for hydroxylation is 1. The summed E-state index contributed by atoms with van der Waals surface area (Å²) in [6, 6.07) is 15.7. The summed E-state index contributed by atoms with van der Waals surface area (Å²) in [6.07, 6.45) is 4.54. The number of hydrogen-bond acceptors (Lipinski definition) is 9. The van der Waals surface area contributed by atoms with Gasteiger partial charge in [-0.15, -0.1) is 0 Å². The Morgan fingerprint density at radius 3 is 2.52 bits per heavy atom. The van der Waals surface area contributed by atoms with Gasteiger partial charge in [0, 0.05) is 74.3 Å². The van der Waals surface area contributed by atoms with Crippen molar-refractivity contribution in [3.63, 3.8) is 0 Å². The summed E-state index contributed by atoms with van der Waals surface area (Å²) in [5, 5.41) is 5.59. The van der Waals surface area contributed by atoms with E-state index in [1.54, 1.807) is 25.3 Å². The number of likely N-dealkylation sites (N-methyl/N-ethyl adjacent to an activating group) is 1. The smallest absolute Gasteiger partial charge is 0.324 e. The summed E-state index contributed by atoms with van der Waals surface area (Å²) in [5.41, 5.74) is 10.5. The predicted molar refractivity (Wildman–Crippen MR) is 259 cm³/mol. The number of hydrogen-bond donors (Lipinski definition) is 2. The van der Waals surface area contributed by atoms with Crippen molar-refractivity contribution in [3.05, 3.63) is 90.3 Å². The average molecular weight is 916 g/mol. The fourth-order valence-electron chi connectivity index (χ4n) is 10.4. The molecule has 14 nitrogen and oxygen atoms in total. The molecule has 5 heterocycles. The van der Waals surface area contributed by atoms with Crippen LogP contribution in [0.1, 0.15) is 91.2 Å². The number of rotatable bonds is 10. The van der Waals surface area contributed by atoms with Gasteiger partial charge in [-0.3, -0.25) is 34.0 Å². The van der Waals surface area contributed by atoms with Crippen LogP contribution in [0, 0.1) is 23.2 Å². The van der Waals surface area contributed by atoms with Gasteiger partial charge in [-0.25, -0.2) is 5.43 Å². The van der Waals surface area contributed by atoms with Gasteiger partial charge in [0.1, 0.15) is 18.1 Å². The molecule has 358 valence electrons. The first kappa shape index (κ1) is 49.1. The number of hydrazine groups is 1. The minimum Gasteiger partial charge on any atom is -0.464 e. The van der Waals surface area contributed by atoms with Crippen LogP contribution in [0.4, 0.5) is 0 Å². The maximum Gasteiger partial charge on any atom is 0.324 e. The summed E-state index contributed by atoms with van der Waals surface area (Å²) < 4.78 is 14.3. The van der Waals surface area contributed by atoms with Crippen molar-refractivity contribution in [2.75, 3.05) is 33.9 Å². The summed E-state index contributed by atoms with van der Waals surface area (Å²) >= 11 is 0. The molecule has 0 aliphatic carbocycles. The number of amides is 4. The number of methoxy groups -OCH3 is 1. The molecule has 4 amide bonds. The Kier molecular flexibility index (Phi) is 14.8. The van der Waals surface area contributed by atoms with Gasteiger partial charge in [0.05, 0.1) is 30.0 Å². The molecule has 14 heteroatoms. The van der Waals surface area contributed by atoms with E-state index in [9.17, 15) is 24.0 Å². The van der Waals surface area contributed by atoms with E-state index in [2.05, 4.69) is 79.1 Å². The average Bonchev–Trinajstić information content (AvgIpc) is 3.79. The molecule has 6 bridgehead atoms. The number of benzene rings is 2. The molecule has 4 aromatic rings. The monoisotopic (exact) mass is 916 g/mol. The zero-order valence-electron chi connectivity index (χ0n) is 40.9. The Morgan fingerprint density at radius 2 is 1.82 bits per heavy atom. The van der Waals surface area contributed by atoms with E-state index in [4.69, 9.17) is 14.5 Å².